The SMILES string of the molecule is CN1CCN(C(=O)NC[C@@H]2CCCS2)C[C@@H]1c1nccn1C. The number of likely N-dealkylation sites (N-methyl/N-ethyl adjacent to an activating group) is 1. The number of thioether (sulfide) groups is 1. The van der Waals surface area contributed by atoms with Gasteiger partial charge in [0.1, 0.15) is 5.82 Å². The highest BCUT2D eigenvalue weighted by Crippen LogP contribution is 2.25. The van der Waals surface area contributed by atoms with E-state index in [9.17, 15) is 4.79 Å². The summed E-state index contributed by atoms with van der Waals surface area (Å²) in [6.07, 6.45) is 6.28. The summed E-state index contributed by atoms with van der Waals surface area (Å²) in [5.74, 6) is 2.25. The van der Waals surface area contributed by atoms with Gasteiger partial charge in [0.05, 0.1) is 6.04 Å². The first kappa shape index (κ1) is 15.7. The number of hydrogen-bond donors (Lipinski definition) is 1. The van der Waals surface area contributed by atoms with E-state index in [1.807, 2.05) is 40.7 Å². The Balaban J connectivity index is 1.57. The number of carbonyl (C=O) groups excluding carboxylic acids is 1. The standard InChI is InChI=1S/C15H25N5OS/c1-18-7-8-20(11-13(18)14-16-5-6-19(14)2)15(21)17-10-12-4-3-9-22-12/h5-6,12-13H,3-4,7-11H2,1-2H3,(H,17,21)/t12-,13+/m0/s1. The number of piperazine rings is 1. The lowest BCUT2D eigenvalue weighted by atomic mass is 10.1. The van der Waals surface area contributed by atoms with Crippen molar-refractivity contribution in [2.45, 2.75) is 24.1 Å². The van der Waals surface area contributed by atoms with Crippen molar-refractivity contribution in [3.8, 4) is 0 Å². The Morgan fingerprint density at radius 1 is 1.45 bits per heavy atom. The van der Waals surface area contributed by atoms with Crippen molar-refractivity contribution in [3.05, 3.63) is 18.2 Å². The monoisotopic (exact) mass is 323 g/mol. The number of nitrogens with one attached hydrogen (secondary N) is 1. The molecule has 2 saturated heterocycles. The Hall–Kier alpha value is -1.21. The van der Waals surface area contributed by atoms with Crippen LogP contribution < -0.4 is 5.32 Å². The zero-order valence-corrected chi connectivity index (χ0v) is 14.2. The maximum Gasteiger partial charge on any atom is 0.317 e. The van der Waals surface area contributed by atoms with Crippen LogP contribution in [-0.2, 0) is 7.05 Å². The predicted octanol–water partition coefficient (Wildman–Crippen LogP) is 1.31. The molecular formula is C15H25N5OS. The second-order valence-electron chi connectivity index (χ2n) is 6.16. The predicted molar refractivity (Wildman–Crippen MR) is 89.0 cm³/mol. The van der Waals surface area contributed by atoms with Gasteiger partial charge in [-0.15, -0.1) is 0 Å². The third kappa shape index (κ3) is 3.41. The molecule has 2 fully saturated rings. The fraction of sp³-hybridized carbons (Fsp3) is 0.733. The molecule has 1 aromatic rings. The van der Waals surface area contributed by atoms with Crippen molar-refractivity contribution >= 4 is 17.8 Å². The van der Waals surface area contributed by atoms with Crippen molar-refractivity contribution in [2.24, 2.45) is 7.05 Å². The number of imidazole rings is 1. The molecule has 2 atom stereocenters. The van der Waals surface area contributed by atoms with E-state index in [-0.39, 0.29) is 12.1 Å². The molecule has 3 heterocycles. The van der Waals surface area contributed by atoms with Gasteiger partial charge in [-0.2, -0.15) is 11.8 Å². The number of amides is 2. The number of aryl methyl sites for hydroxylation is 1. The molecule has 1 aromatic heterocycles. The Morgan fingerprint density at radius 3 is 3.00 bits per heavy atom. The molecule has 0 aliphatic carbocycles. The van der Waals surface area contributed by atoms with Crippen LogP contribution in [0.1, 0.15) is 24.7 Å². The van der Waals surface area contributed by atoms with Crippen molar-refractivity contribution in [3.63, 3.8) is 0 Å². The highest BCUT2D eigenvalue weighted by molar-refractivity contribution is 8.00. The molecule has 7 heteroatoms. The first-order chi connectivity index (χ1) is 10.6. The molecule has 1 N–H and O–H groups in total. The van der Waals surface area contributed by atoms with E-state index in [4.69, 9.17) is 0 Å². The van der Waals surface area contributed by atoms with Crippen molar-refractivity contribution in [2.75, 3.05) is 39.0 Å². The Kier molecular flexibility index (Phi) is 4.93. The lowest BCUT2D eigenvalue weighted by Gasteiger charge is -2.39. The van der Waals surface area contributed by atoms with Gasteiger partial charge < -0.3 is 14.8 Å². The molecular weight excluding hydrogens is 298 g/mol. The first-order valence-electron chi connectivity index (χ1n) is 7.97. The summed E-state index contributed by atoms with van der Waals surface area (Å²) in [5.41, 5.74) is 0. The summed E-state index contributed by atoms with van der Waals surface area (Å²) < 4.78 is 2.04. The van der Waals surface area contributed by atoms with Gasteiger partial charge in [-0.1, -0.05) is 0 Å². The molecule has 2 amide bonds. The molecule has 0 aromatic carbocycles. The van der Waals surface area contributed by atoms with E-state index >= 15 is 0 Å². The highest BCUT2D eigenvalue weighted by atomic mass is 32.2. The molecule has 2 aliphatic rings. The molecule has 0 bridgehead atoms. The second kappa shape index (κ2) is 6.91. The van der Waals surface area contributed by atoms with E-state index in [0.29, 0.717) is 11.8 Å². The summed E-state index contributed by atoms with van der Waals surface area (Å²) in [6.45, 7) is 3.15. The topological polar surface area (TPSA) is 53.4 Å². The number of nitrogens with zero attached hydrogens (tertiary/aromatic N) is 4. The number of hydrogen-bond acceptors (Lipinski definition) is 4. The molecule has 2 aliphatic heterocycles. The van der Waals surface area contributed by atoms with Crippen molar-refractivity contribution < 1.29 is 4.79 Å². The van der Waals surface area contributed by atoms with Gasteiger partial charge in [-0.05, 0) is 25.6 Å². The molecule has 122 valence electrons. The number of urea groups is 1. The summed E-state index contributed by atoms with van der Waals surface area (Å²) in [6, 6.07) is 0.236. The Morgan fingerprint density at radius 2 is 2.32 bits per heavy atom. The molecule has 0 radical (unpaired) electrons. The smallest absolute Gasteiger partial charge is 0.317 e. The summed E-state index contributed by atoms with van der Waals surface area (Å²) >= 11 is 1.98. The second-order valence-corrected chi connectivity index (χ2v) is 7.57. The first-order valence-corrected chi connectivity index (χ1v) is 9.02. The van der Waals surface area contributed by atoms with Crippen LogP contribution in [-0.4, -0.2) is 69.6 Å². The summed E-state index contributed by atoms with van der Waals surface area (Å²) in [5, 5.41) is 3.71. The van der Waals surface area contributed by atoms with Crippen LogP contribution in [0.4, 0.5) is 4.79 Å². The average molecular weight is 323 g/mol. The maximum absolute atomic E-state index is 12.4. The van der Waals surface area contributed by atoms with Gasteiger partial charge in [-0.25, -0.2) is 9.78 Å². The number of aromatic nitrogens is 2. The van der Waals surface area contributed by atoms with Gasteiger partial charge in [0.15, 0.2) is 0 Å². The lowest BCUT2D eigenvalue weighted by Crippen LogP contribution is -2.53. The number of rotatable bonds is 3. The minimum Gasteiger partial charge on any atom is -0.337 e. The van der Waals surface area contributed by atoms with Crippen LogP contribution in [0.5, 0.6) is 0 Å². The van der Waals surface area contributed by atoms with Crippen LogP contribution in [0.2, 0.25) is 0 Å². The average Bonchev–Trinajstić information content (AvgIpc) is 3.17. The molecule has 0 saturated carbocycles. The van der Waals surface area contributed by atoms with E-state index < -0.39 is 0 Å². The van der Waals surface area contributed by atoms with Crippen LogP contribution in [0.25, 0.3) is 0 Å². The van der Waals surface area contributed by atoms with Gasteiger partial charge in [0, 0.05) is 50.9 Å². The minimum absolute atomic E-state index is 0.0693. The Labute approximate surface area is 136 Å². The quantitative estimate of drug-likeness (QED) is 0.911. The fourth-order valence-electron chi connectivity index (χ4n) is 3.15. The highest BCUT2D eigenvalue weighted by Gasteiger charge is 2.31. The molecule has 6 nitrogen and oxygen atoms in total. The van der Waals surface area contributed by atoms with E-state index in [0.717, 1.165) is 25.5 Å². The van der Waals surface area contributed by atoms with Gasteiger partial charge >= 0.3 is 6.03 Å². The van der Waals surface area contributed by atoms with Crippen molar-refractivity contribution in [1.82, 2.24) is 24.7 Å². The lowest BCUT2D eigenvalue weighted by molar-refractivity contribution is 0.104. The van der Waals surface area contributed by atoms with Gasteiger partial charge in [0.25, 0.3) is 0 Å². The third-order valence-corrected chi connectivity index (χ3v) is 5.99. The number of carbonyl (C=O) groups is 1. The zero-order valence-electron chi connectivity index (χ0n) is 13.4. The minimum atomic E-state index is 0.0693. The molecule has 3 rings (SSSR count). The normalized spacial score (nSPS) is 26.4. The maximum atomic E-state index is 12.4. The Bertz CT molecular complexity index is 514. The van der Waals surface area contributed by atoms with Crippen LogP contribution in [0.3, 0.4) is 0 Å². The third-order valence-electron chi connectivity index (χ3n) is 4.60. The van der Waals surface area contributed by atoms with Gasteiger partial charge in [0.2, 0.25) is 0 Å². The van der Waals surface area contributed by atoms with E-state index in [2.05, 4.69) is 22.2 Å². The summed E-state index contributed by atoms with van der Waals surface area (Å²) in [4.78, 5) is 21.1. The largest absolute Gasteiger partial charge is 0.337 e. The van der Waals surface area contributed by atoms with Gasteiger partial charge in [-0.3, -0.25) is 4.90 Å². The molecule has 0 spiro atoms. The molecule has 22 heavy (non-hydrogen) atoms. The van der Waals surface area contributed by atoms with Crippen LogP contribution in [0, 0.1) is 0 Å². The molecule has 0 unspecified atom stereocenters. The summed E-state index contributed by atoms with van der Waals surface area (Å²) in [7, 11) is 4.11. The van der Waals surface area contributed by atoms with Crippen LogP contribution >= 0.6 is 11.8 Å². The van der Waals surface area contributed by atoms with Crippen molar-refractivity contribution in [1.29, 1.82) is 0 Å². The fourth-order valence-corrected chi connectivity index (χ4v) is 4.35. The van der Waals surface area contributed by atoms with Crippen LogP contribution in [0.15, 0.2) is 12.4 Å². The van der Waals surface area contributed by atoms with E-state index in [1.54, 1.807) is 0 Å². The zero-order chi connectivity index (χ0) is 15.5. The van der Waals surface area contributed by atoms with E-state index in [1.165, 1.54) is 18.6 Å².